The van der Waals surface area contributed by atoms with Gasteiger partial charge in [0.2, 0.25) is 5.89 Å². The average molecular weight is 329 g/mol. The fourth-order valence-corrected chi connectivity index (χ4v) is 3.37. The summed E-state index contributed by atoms with van der Waals surface area (Å²) in [5.41, 5.74) is 2.04. The van der Waals surface area contributed by atoms with Crippen LogP contribution in [0.1, 0.15) is 28.7 Å². The van der Waals surface area contributed by atoms with Crippen LogP contribution < -0.4 is 0 Å². The number of nitrogens with zero attached hydrogens (tertiary/aromatic N) is 3. The molecule has 0 aliphatic heterocycles. The number of oxazole rings is 1. The van der Waals surface area contributed by atoms with Gasteiger partial charge in [0.05, 0.1) is 11.4 Å². The van der Waals surface area contributed by atoms with Gasteiger partial charge in [-0.2, -0.15) is 0 Å². The summed E-state index contributed by atoms with van der Waals surface area (Å²) in [6.07, 6.45) is 3.66. The Hall–Kier alpha value is -2.21. The summed E-state index contributed by atoms with van der Waals surface area (Å²) >= 11 is 0. The van der Waals surface area contributed by atoms with E-state index in [1.807, 2.05) is 42.8 Å². The Kier molecular flexibility index (Phi) is 4.71. The highest BCUT2D eigenvalue weighted by Gasteiger charge is 2.13. The number of rotatable bonds is 6. The first kappa shape index (κ1) is 15.7. The molecule has 3 rings (SSSR count). The number of aromatic nitrogens is 3. The second-order valence-corrected chi connectivity index (χ2v) is 6.89. The Morgan fingerprint density at radius 3 is 2.65 bits per heavy atom. The van der Waals surface area contributed by atoms with E-state index in [1.165, 1.54) is 5.56 Å². The van der Waals surface area contributed by atoms with Crippen molar-refractivity contribution in [1.82, 2.24) is 14.5 Å². The molecule has 0 N–H and O–H groups in total. The summed E-state index contributed by atoms with van der Waals surface area (Å²) in [5.74, 6) is 2.82. The molecular formula is C17H19N3O2S. The van der Waals surface area contributed by atoms with Gasteiger partial charge in [-0.05, 0) is 19.4 Å². The van der Waals surface area contributed by atoms with Crippen molar-refractivity contribution in [2.75, 3.05) is 0 Å². The van der Waals surface area contributed by atoms with Gasteiger partial charge in [-0.3, -0.25) is 4.21 Å². The highest BCUT2D eigenvalue weighted by molar-refractivity contribution is 7.83. The van der Waals surface area contributed by atoms with Crippen LogP contribution in [0.2, 0.25) is 0 Å². The molecule has 0 saturated carbocycles. The Bertz CT molecular complexity index is 789. The Morgan fingerprint density at radius 2 is 1.96 bits per heavy atom. The number of benzene rings is 1. The molecule has 0 spiro atoms. The van der Waals surface area contributed by atoms with E-state index in [2.05, 4.69) is 22.1 Å². The van der Waals surface area contributed by atoms with Gasteiger partial charge in [-0.25, -0.2) is 9.97 Å². The minimum atomic E-state index is -1.10. The quantitative estimate of drug-likeness (QED) is 0.697. The molecule has 23 heavy (non-hydrogen) atoms. The van der Waals surface area contributed by atoms with Gasteiger partial charge in [-0.1, -0.05) is 30.3 Å². The van der Waals surface area contributed by atoms with Crippen molar-refractivity contribution in [1.29, 1.82) is 0 Å². The predicted molar refractivity (Wildman–Crippen MR) is 89.3 cm³/mol. The first-order valence-corrected chi connectivity index (χ1v) is 8.92. The molecular weight excluding hydrogens is 310 g/mol. The summed E-state index contributed by atoms with van der Waals surface area (Å²) in [4.78, 5) is 8.62. The van der Waals surface area contributed by atoms with Gasteiger partial charge in [0, 0.05) is 29.7 Å². The molecule has 0 bridgehead atoms. The van der Waals surface area contributed by atoms with Crippen LogP contribution in [0.5, 0.6) is 0 Å². The van der Waals surface area contributed by atoms with Crippen LogP contribution in [-0.4, -0.2) is 18.7 Å². The van der Waals surface area contributed by atoms with Crippen LogP contribution in [0.4, 0.5) is 0 Å². The molecule has 3 aromatic rings. The molecule has 0 fully saturated rings. The fourth-order valence-electron chi connectivity index (χ4n) is 2.34. The van der Waals surface area contributed by atoms with Crippen LogP contribution >= 0.6 is 0 Å². The van der Waals surface area contributed by atoms with Crippen LogP contribution in [0.15, 0.2) is 47.1 Å². The van der Waals surface area contributed by atoms with Gasteiger partial charge in [-0.15, -0.1) is 0 Å². The molecule has 0 aliphatic carbocycles. The van der Waals surface area contributed by atoms with Gasteiger partial charge < -0.3 is 8.98 Å². The van der Waals surface area contributed by atoms with Gasteiger partial charge in [0.1, 0.15) is 17.3 Å². The number of hydrogen-bond donors (Lipinski definition) is 0. The molecule has 0 amide bonds. The first-order valence-electron chi connectivity index (χ1n) is 7.43. The molecule has 2 aromatic heterocycles. The zero-order valence-electron chi connectivity index (χ0n) is 13.2. The topological polar surface area (TPSA) is 60.9 Å². The molecule has 5 nitrogen and oxygen atoms in total. The Balaban J connectivity index is 1.66. The maximum atomic E-state index is 12.4. The third-order valence-corrected chi connectivity index (χ3v) is 4.79. The SMILES string of the molecule is Cc1nc(C[S@](=O)Cc2nccn2Cc2ccccc2)oc1C. The largest absolute Gasteiger partial charge is 0.445 e. The minimum absolute atomic E-state index is 0.312. The summed E-state index contributed by atoms with van der Waals surface area (Å²) in [6, 6.07) is 10.2. The fraction of sp³-hybridized carbons (Fsp3) is 0.294. The van der Waals surface area contributed by atoms with Crippen LogP contribution in [-0.2, 0) is 28.9 Å². The van der Waals surface area contributed by atoms with Crippen molar-refractivity contribution in [2.45, 2.75) is 31.9 Å². The van der Waals surface area contributed by atoms with Crippen molar-refractivity contribution < 1.29 is 8.63 Å². The van der Waals surface area contributed by atoms with Crippen LogP contribution in [0.3, 0.4) is 0 Å². The van der Waals surface area contributed by atoms with E-state index in [-0.39, 0.29) is 0 Å². The van der Waals surface area contributed by atoms with E-state index in [0.717, 1.165) is 23.8 Å². The molecule has 0 unspecified atom stereocenters. The van der Waals surface area contributed by atoms with Crippen molar-refractivity contribution >= 4 is 10.8 Å². The standard InChI is InChI=1S/C17H19N3O2S/c1-13-14(2)22-17(19-13)12-23(21)11-16-18-8-9-20(16)10-15-6-4-3-5-7-15/h3-9H,10-12H2,1-2H3/t23-/m1/s1. The molecule has 0 radical (unpaired) electrons. The maximum Gasteiger partial charge on any atom is 0.207 e. The van der Waals surface area contributed by atoms with Gasteiger partial charge in [0.25, 0.3) is 0 Å². The lowest BCUT2D eigenvalue weighted by atomic mass is 10.2. The van der Waals surface area contributed by atoms with Gasteiger partial charge >= 0.3 is 0 Å². The van der Waals surface area contributed by atoms with E-state index in [9.17, 15) is 4.21 Å². The second kappa shape index (κ2) is 6.91. The van der Waals surface area contributed by atoms with Crippen molar-refractivity contribution in [3.63, 3.8) is 0 Å². The van der Waals surface area contributed by atoms with E-state index in [0.29, 0.717) is 17.4 Å². The maximum absolute atomic E-state index is 12.4. The van der Waals surface area contributed by atoms with Crippen molar-refractivity contribution in [2.24, 2.45) is 0 Å². The van der Waals surface area contributed by atoms with E-state index < -0.39 is 10.8 Å². The molecule has 0 aliphatic rings. The summed E-state index contributed by atoms with van der Waals surface area (Å²) in [5, 5.41) is 0. The number of imidazole rings is 1. The van der Waals surface area contributed by atoms with E-state index in [1.54, 1.807) is 6.20 Å². The van der Waals surface area contributed by atoms with Crippen LogP contribution in [0, 0.1) is 13.8 Å². The Labute approximate surface area is 137 Å². The van der Waals surface area contributed by atoms with E-state index in [4.69, 9.17) is 4.42 Å². The zero-order chi connectivity index (χ0) is 16.2. The third-order valence-electron chi connectivity index (χ3n) is 3.64. The average Bonchev–Trinajstić information content (AvgIpc) is 3.07. The highest BCUT2D eigenvalue weighted by atomic mass is 32.2. The zero-order valence-corrected chi connectivity index (χ0v) is 14.0. The highest BCUT2D eigenvalue weighted by Crippen LogP contribution is 2.13. The summed E-state index contributed by atoms with van der Waals surface area (Å²) in [7, 11) is -1.10. The monoisotopic (exact) mass is 329 g/mol. The summed E-state index contributed by atoms with van der Waals surface area (Å²) < 4.78 is 19.9. The number of aryl methyl sites for hydroxylation is 2. The molecule has 120 valence electrons. The van der Waals surface area contributed by atoms with E-state index >= 15 is 0 Å². The molecule has 0 saturated heterocycles. The van der Waals surface area contributed by atoms with Crippen molar-refractivity contribution in [3.8, 4) is 0 Å². The third kappa shape index (κ3) is 3.96. The smallest absolute Gasteiger partial charge is 0.207 e. The number of hydrogen-bond acceptors (Lipinski definition) is 4. The molecule has 1 atom stereocenters. The molecule has 6 heteroatoms. The lowest BCUT2D eigenvalue weighted by Crippen LogP contribution is -2.08. The van der Waals surface area contributed by atoms with Gasteiger partial charge in [0.15, 0.2) is 0 Å². The lowest BCUT2D eigenvalue weighted by molar-refractivity contribution is 0.487. The second-order valence-electron chi connectivity index (χ2n) is 5.43. The van der Waals surface area contributed by atoms with Crippen LogP contribution in [0.25, 0.3) is 0 Å². The Morgan fingerprint density at radius 1 is 1.17 bits per heavy atom. The minimum Gasteiger partial charge on any atom is -0.445 e. The predicted octanol–water partition coefficient (Wildman–Crippen LogP) is 2.99. The molecule has 2 heterocycles. The molecule has 1 aromatic carbocycles. The normalized spacial score (nSPS) is 12.4. The summed E-state index contributed by atoms with van der Waals surface area (Å²) in [6.45, 7) is 4.48. The lowest BCUT2D eigenvalue weighted by Gasteiger charge is -2.07. The van der Waals surface area contributed by atoms with Crippen molar-refractivity contribution in [3.05, 3.63) is 71.5 Å². The first-order chi connectivity index (χ1) is 11.1.